The Balaban J connectivity index is 2.01. The molecule has 2 aromatic heterocycles. The number of anilines is 2. The molecule has 23 heavy (non-hydrogen) atoms. The van der Waals surface area contributed by atoms with Gasteiger partial charge in [-0.25, -0.2) is 4.63 Å². The van der Waals surface area contributed by atoms with E-state index in [2.05, 4.69) is 35.0 Å². The second-order valence-electron chi connectivity index (χ2n) is 4.16. The summed E-state index contributed by atoms with van der Waals surface area (Å²) in [4.78, 5) is 18.0. The van der Waals surface area contributed by atoms with E-state index in [1.54, 1.807) is 0 Å². The number of rotatable bonds is 3. The number of alkyl halides is 3. The van der Waals surface area contributed by atoms with Gasteiger partial charge in [0.15, 0.2) is 11.6 Å². The predicted molar refractivity (Wildman–Crippen MR) is 79.3 cm³/mol. The largest absolute Gasteiger partial charge is 0.573 e. The van der Waals surface area contributed by atoms with Crippen molar-refractivity contribution in [2.45, 2.75) is 6.36 Å². The van der Waals surface area contributed by atoms with Gasteiger partial charge in [0.1, 0.15) is 0 Å². The molecular formula is C11H5F3IN5O3. The van der Waals surface area contributed by atoms with E-state index in [1.807, 2.05) is 22.6 Å². The molecule has 0 aliphatic rings. The monoisotopic (exact) mass is 439 g/mol. The lowest BCUT2D eigenvalue weighted by atomic mass is 10.3. The summed E-state index contributed by atoms with van der Waals surface area (Å²) in [6.07, 6.45) is -4.87. The molecule has 0 amide bonds. The minimum Gasteiger partial charge on any atom is -0.404 e. The molecule has 1 aromatic carbocycles. The first-order valence-corrected chi connectivity index (χ1v) is 6.94. The lowest BCUT2D eigenvalue weighted by Gasteiger charge is -2.14. The average Bonchev–Trinajstić information content (AvgIpc) is 2.87. The molecule has 2 heterocycles. The standard InChI is InChI=1S/C11H5F3IN5O3/c12-11(13,14)22-6-3-4(15)1-2-5(6)16-9-10(21)18-8-7(17-9)19-23-20-8/h1-3H,(H,16,17,19)(H,18,20,21). The maximum atomic E-state index is 12.5. The van der Waals surface area contributed by atoms with Crippen LogP contribution in [0.15, 0.2) is 27.6 Å². The van der Waals surface area contributed by atoms with E-state index in [1.165, 1.54) is 18.2 Å². The molecule has 0 unspecified atom stereocenters. The fourth-order valence-corrected chi connectivity index (χ4v) is 2.14. The second kappa shape index (κ2) is 5.68. The van der Waals surface area contributed by atoms with Gasteiger partial charge in [0.2, 0.25) is 11.3 Å². The third-order valence-corrected chi connectivity index (χ3v) is 3.23. The summed E-state index contributed by atoms with van der Waals surface area (Å²) >= 11 is 1.83. The van der Waals surface area contributed by atoms with Crippen LogP contribution in [0.4, 0.5) is 24.7 Å². The van der Waals surface area contributed by atoms with Gasteiger partial charge in [-0.15, -0.1) is 13.2 Å². The van der Waals surface area contributed by atoms with E-state index >= 15 is 0 Å². The number of nitrogens with one attached hydrogen (secondary N) is 2. The van der Waals surface area contributed by atoms with Gasteiger partial charge >= 0.3 is 6.36 Å². The van der Waals surface area contributed by atoms with Crippen molar-refractivity contribution in [3.63, 3.8) is 0 Å². The van der Waals surface area contributed by atoms with E-state index in [-0.39, 0.29) is 22.8 Å². The van der Waals surface area contributed by atoms with Crippen LogP contribution in [0.25, 0.3) is 11.3 Å². The van der Waals surface area contributed by atoms with E-state index < -0.39 is 17.7 Å². The highest BCUT2D eigenvalue weighted by molar-refractivity contribution is 14.1. The van der Waals surface area contributed by atoms with Gasteiger partial charge in [0, 0.05) is 3.57 Å². The van der Waals surface area contributed by atoms with Gasteiger partial charge in [-0.2, -0.15) is 4.98 Å². The van der Waals surface area contributed by atoms with Crippen molar-refractivity contribution in [2.75, 3.05) is 5.32 Å². The van der Waals surface area contributed by atoms with E-state index in [4.69, 9.17) is 0 Å². The third kappa shape index (κ3) is 3.52. The fourth-order valence-electron chi connectivity index (χ4n) is 1.68. The van der Waals surface area contributed by atoms with Crippen LogP contribution in [-0.2, 0) is 0 Å². The molecule has 0 radical (unpaired) electrons. The van der Waals surface area contributed by atoms with Gasteiger partial charge in [-0.1, -0.05) is 0 Å². The summed E-state index contributed by atoms with van der Waals surface area (Å²) in [5, 5.41) is 9.32. The van der Waals surface area contributed by atoms with Crippen LogP contribution >= 0.6 is 22.6 Å². The van der Waals surface area contributed by atoms with Gasteiger partial charge in [-0.05, 0) is 51.1 Å². The highest BCUT2D eigenvalue weighted by Gasteiger charge is 2.32. The number of fused-ring (bicyclic) bond motifs is 1. The van der Waals surface area contributed by atoms with Gasteiger partial charge in [0.25, 0.3) is 5.56 Å². The summed E-state index contributed by atoms with van der Waals surface area (Å²) in [5.74, 6) is -0.773. The van der Waals surface area contributed by atoms with Crippen molar-refractivity contribution in [2.24, 2.45) is 0 Å². The molecule has 0 bridgehead atoms. The number of aromatic nitrogens is 4. The van der Waals surface area contributed by atoms with Crippen molar-refractivity contribution >= 4 is 45.4 Å². The highest BCUT2D eigenvalue weighted by Crippen LogP contribution is 2.32. The molecule has 2 N–H and O–H groups in total. The summed E-state index contributed by atoms with van der Waals surface area (Å²) < 4.78 is 46.3. The smallest absolute Gasteiger partial charge is 0.404 e. The van der Waals surface area contributed by atoms with Crippen LogP contribution in [-0.4, -0.2) is 26.6 Å². The summed E-state index contributed by atoms with van der Waals surface area (Å²) in [5.41, 5.74) is -0.771. The third-order valence-electron chi connectivity index (χ3n) is 2.56. The average molecular weight is 439 g/mol. The Hall–Kier alpha value is -2.38. The topological polar surface area (TPSA) is 106 Å². The molecule has 0 spiro atoms. The van der Waals surface area contributed by atoms with Gasteiger partial charge in [0.05, 0.1) is 5.69 Å². The number of benzene rings is 1. The second-order valence-corrected chi connectivity index (χ2v) is 5.41. The Morgan fingerprint density at radius 3 is 2.83 bits per heavy atom. The minimum absolute atomic E-state index is 0.00379. The van der Waals surface area contributed by atoms with Crippen LogP contribution in [0.3, 0.4) is 0 Å². The molecule has 8 nitrogen and oxygen atoms in total. The van der Waals surface area contributed by atoms with Crippen molar-refractivity contribution in [3.8, 4) is 5.75 Å². The number of nitrogens with zero attached hydrogens (tertiary/aromatic N) is 3. The van der Waals surface area contributed by atoms with Crippen molar-refractivity contribution < 1.29 is 22.5 Å². The normalized spacial score (nSPS) is 11.7. The molecule has 3 rings (SSSR count). The lowest BCUT2D eigenvalue weighted by molar-refractivity contribution is -0.274. The Morgan fingerprint density at radius 2 is 2.09 bits per heavy atom. The fraction of sp³-hybridized carbons (Fsp3) is 0.0909. The predicted octanol–water partition coefficient (Wildman–Crippen LogP) is 2.55. The molecule has 0 aliphatic heterocycles. The lowest BCUT2D eigenvalue weighted by Crippen LogP contribution is -2.19. The summed E-state index contributed by atoms with van der Waals surface area (Å²) in [6.45, 7) is 0. The maximum Gasteiger partial charge on any atom is 0.573 e. The van der Waals surface area contributed by atoms with Crippen LogP contribution < -0.4 is 15.6 Å². The number of halogens is 4. The zero-order valence-electron chi connectivity index (χ0n) is 10.8. The SMILES string of the molecule is O=c1[nH]c2nonc2nc1Nc1ccc(I)cc1OC(F)(F)F. The summed E-state index contributed by atoms with van der Waals surface area (Å²) in [7, 11) is 0. The van der Waals surface area contributed by atoms with Crippen LogP contribution in [0.1, 0.15) is 0 Å². The molecule has 12 heteroatoms. The highest BCUT2D eigenvalue weighted by atomic mass is 127. The molecule has 0 saturated carbocycles. The van der Waals surface area contributed by atoms with E-state index in [9.17, 15) is 18.0 Å². The molecular weight excluding hydrogens is 434 g/mol. The zero-order chi connectivity index (χ0) is 16.6. The van der Waals surface area contributed by atoms with E-state index in [0.29, 0.717) is 3.57 Å². The van der Waals surface area contributed by atoms with Crippen LogP contribution in [0.5, 0.6) is 5.75 Å². The van der Waals surface area contributed by atoms with E-state index in [0.717, 1.165) is 0 Å². The molecule has 0 fully saturated rings. The van der Waals surface area contributed by atoms with Crippen LogP contribution in [0.2, 0.25) is 0 Å². The zero-order valence-corrected chi connectivity index (χ0v) is 13.0. The Bertz CT molecular complexity index is 923. The number of hydrogen-bond acceptors (Lipinski definition) is 7. The van der Waals surface area contributed by atoms with Crippen molar-refractivity contribution in [3.05, 3.63) is 32.1 Å². The molecule has 0 atom stereocenters. The first kappa shape index (κ1) is 15.5. The van der Waals surface area contributed by atoms with Gasteiger partial charge in [-0.3, -0.25) is 9.78 Å². The Labute approximate surface area is 138 Å². The Kier molecular flexibility index (Phi) is 3.83. The van der Waals surface area contributed by atoms with Gasteiger partial charge < -0.3 is 10.1 Å². The Morgan fingerprint density at radius 1 is 1.30 bits per heavy atom. The molecule has 120 valence electrons. The maximum absolute atomic E-state index is 12.5. The number of aromatic amines is 1. The quantitative estimate of drug-likeness (QED) is 0.605. The number of ether oxygens (including phenoxy) is 1. The number of hydrogen-bond donors (Lipinski definition) is 2. The molecule has 3 aromatic rings. The molecule has 0 aliphatic carbocycles. The van der Waals surface area contributed by atoms with Crippen LogP contribution in [0, 0.1) is 3.57 Å². The first-order valence-electron chi connectivity index (χ1n) is 5.87. The van der Waals surface area contributed by atoms with Crippen molar-refractivity contribution in [1.82, 2.24) is 20.3 Å². The van der Waals surface area contributed by atoms with Crippen molar-refractivity contribution in [1.29, 1.82) is 0 Å². The number of H-pyrrole nitrogens is 1. The molecule has 0 saturated heterocycles. The first-order chi connectivity index (χ1) is 10.8. The minimum atomic E-state index is -4.87. The summed E-state index contributed by atoms with van der Waals surface area (Å²) in [6, 6.07) is 4.03.